The van der Waals surface area contributed by atoms with E-state index in [9.17, 15) is 9.59 Å². The Balaban J connectivity index is 1.89. The van der Waals surface area contributed by atoms with Crippen LogP contribution >= 0.6 is 0 Å². The molecule has 0 bridgehead atoms. The monoisotopic (exact) mass is 286 g/mol. The molecule has 1 aliphatic rings. The molecule has 21 heavy (non-hydrogen) atoms. The van der Waals surface area contributed by atoms with Crippen molar-refractivity contribution in [3.8, 4) is 0 Å². The second kappa shape index (κ2) is 5.69. The number of rotatable bonds is 3. The fourth-order valence-corrected chi connectivity index (χ4v) is 2.93. The van der Waals surface area contributed by atoms with Gasteiger partial charge in [0, 0.05) is 36.8 Å². The van der Waals surface area contributed by atoms with Gasteiger partial charge in [0.1, 0.15) is 5.56 Å². The van der Waals surface area contributed by atoms with E-state index in [1.54, 1.807) is 17.0 Å². The molecule has 0 radical (unpaired) electrons. The Hall–Kier alpha value is -2.14. The van der Waals surface area contributed by atoms with Crippen LogP contribution in [0, 0.1) is 5.92 Å². The van der Waals surface area contributed by atoms with Crippen molar-refractivity contribution in [3.63, 3.8) is 0 Å². The van der Waals surface area contributed by atoms with Crippen molar-refractivity contribution < 1.29 is 9.90 Å². The van der Waals surface area contributed by atoms with E-state index >= 15 is 0 Å². The highest BCUT2D eigenvalue weighted by Gasteiger charge is 2.28. The molecule has 1 aromatic carbocycles. The number of carbonyl (C=O) groups excluding carboxylic acids is 1. The predicted octanol–water partition coefficient (Wildman–Crippen LogP) is 1.37. The summed E-state index contributed by atoms with van der Waals surface area (Å²) < 4.78 is 0. The number of likely N-dealkylation sites (tertiary alicyclic amines) is 1. The van der Waals surface area contributed by atoms with Crippen LogP contribution < -0.4 is 5.43 Å². The molecule has 5 nitrogen and oxygen atoms in total. The molecule has 1 saturated heterocycles. The first-order chi connectivity index (χ1) is 10.2. The Labute approximate surface area is 122 Å². The normalized spacial score (nSPS) is 18.3. The Bertz CT molecular complexity index is 723. The number of para-hydroxylation sites is 1. The van der Waals surface area contributed by atoms with Gasteiger partial charge in [-0.15, -0.1) is 0 Å². The van der Waals surface area contributed by atoms with Gasteiger partial charge in [-0.2, -0.15) is 0 Å². The first kappa shape index (κ1) is 13.8. The Morgan fingerprint density at radius 1 is 1.38 bits per heavy atom. The van der Waals surface area contributed by atoms with Crippen LogP contribution in [-0.4, -0.2) is 40.6 Å². The number of fused-ring (bicyclic) bond motifs is 1. The lowest BCUT2D eigenvalue weighted by Gasteiger charge is -2.16. The van der Waals surface area contributed by atoms with Gasteiger partial charge in [0.05, 0.1) is 0 Å². The number of nitrogens with one attached hydrogen (secondary N) is 1. The van der Waals surface area contributed by atoms with E-state index in [0.29, 0.717) is 30.8 Å². The zero-order valence-electron chi connectivity index (χ0n) is 11.7. The third kappa shape index (κ3) is 2.56. The van der Waals surface area contributed by atoms with Gasteiger partial charge < -0.3 is 15.0 Å². The van der Waals surface area contributed by atoms with Crippen molar-refractivity contribution in [1.29, 1.82) is 0 Å². The standard InChI is InChI=1S/C16H18N2O3/c19-8-6-11-5-7-18(10-11)16(21)13-9-17-14-4-2-1-3-12(14)15(13)20/h1-4,9,11,19H,5-8,10H2,(H,17,20). The minimum atomic E-state index is -0.222. The average Bonchev–Trinajstić information content (AvgIpc) is 2.96. The van der Waals surface area contributed by atoms with Crippen LogP contribution in [0.5, 0.6) is 0 Å². The second-order valence-corrected chi connectivity index (χ2v) is 5.50. The molecule has 2 aromatic rings. The molecule has 2 N–H and O–H groups in total. The molecular formula is C16H18N2O3. The molecule has 1 aromatic heterocycles. The number of H-pyrrole nitrogens is 1. The number of aromatic nitrogens is 1. The van der Waals surface area contributed by atoms with Crippen molar-refractivity contribution in [2.45, 2.75) is 12.8 Å². The van der Waals surface area contributed by atoms with Crippen LogP contribution in [-0.2, 0) is 0 Å². The summed E-state index contributed by atoms with van der Waals surface area (Å²) in [5.41, 5.74) is 0.705. The van der Waals surface area contributed by atoms with Gasteiger partial charge in [-0.1, -0.05) is 12.1 Å². The minimum absolute atomic E-state index is 0.142. The maximum absolute atomic E-state index is 12.5. The lowest BCUT2D eigenvalue weighted by Crippen LogP contribution is -2.32. The first-order valence-electron chi connectivity index (χ1n) is 7.21. The summed E-state index contributed by atoms with van der Waals surface area (Å²) in [6.45, 7) is 1.41. The number of hydrogen-bond acceptors (Lipinski definition) is 3. The number of aromatic amines is 1. The van der Waals surface area contributed by atoms with E-state index in [2.05, 4.69) is 4.98 Å². The van der Waals surface area contributed by atoms with E-state index in [1.807, 2.05) is 12.1 Å². The number of aliphatic hydroxyl groups is 1. The zero-order chi connectivity index (χ0) is 14.8. The second-order valence-electron chi connectivity index (χ2n) is 5.50. The van der Waals surface area contributed by atoms with E-state index in [4.69, 9.17) is 5.11 Å². The van der Waals surface area contributed by atoms with E-state index in [-0.39, 0.29) is 23.5 Å². The lowest BCUT2D eigenvalue weighted by molar-refractivity contribution is 0.0783. The van der Waals surface area contributed by atoms with Crippen LogP contribution in [0.2, 0.25) is 0 Å². The largest absolute Gasteiger partial charge is 0.396 e. The molecule has 0 saturated carbocycles. The lowest BCUT2D eigenvalue weighted by atomic mass is 10.1. The molecule has 1 amide bonds. The van der Waals surface area contributed by atoms with Crippen LogP contribution in [0.15, 0.2) is 35.3 Å². The van der Waals surface area contributed by atoms with Crippen molar-refractivity contribution in [1.82, 2.24) is 9.88 Å². The van der Waals surface area contributed by atoms with Crippen LogP contribution in [0.1, 0.15) is 23.2 Å². The summed E-state index contributed by atoms with van der Waals surface area (Å²) >= 11 is 0. The highest BCUT2D eigenvalue weighted by molar-refractivity contribution is 5.97. The topological polar surface area (TPSA) is 73.4 Å². The Morgan fingerprint density at radius 2 is 2.19 bits per heavy atom. The van der Waals surface area contributed by atoms with E-state index < -0.39 is 0 Å². The van der Waals surface area contributed by atoms with Crippen LogP contribution in [0.4, 0.5) is 0 Å². The van der Waals surface area contributed by atoms with Gasteiger partial charge in [0.2, 0.25) is 5.43 Å². The average molecular weight is 286 g/mol. The number of hydrogen-bond donors (Lipinski definition) is 2. The molecule has 0 aliphatic carbocycles. The van der Waals surface area contributed by atoms with Gasteiger partial charge >= 0.3 is 0 Å². The van der Waals surface area contributed by atoms with Gasteiger partial charge in [-0.25, -0.2) is 0 Å². The zero-order valence-corrected chi connectivity index (χ0v) is 11.7. The maximum Gasteiger partial charge on any atom is 0.259 e. The van der Waals surface area contributed by atoms with Gasteiger partial charge in [0.15, 0.2) is 0 Å². The Kier molecular flexibility index (Phi) is 3.75. The third-order valence-corrected chi connectivity index (χ3v) is 4.13. The van der Waals surface area contributed by atoms with Crippen molar-refractivity contribution >= 4 is 16.8 Å². The van der Waals surface area contributed by atoms with E-state index in [1.165, 1.54) is 6.20 Å². The maximum atomic E-state index is 12.5. The number of aliphatic hydroxyl groups excluding tert-OH is 1. The number of benzene rings is 1. The number of nitrogens with zero attached hydrogens (tertiary/aromatic N) is 1. The molecule has 5 heteroatoms. The van der Waals surface area contributed by atoms with Crippen LogP contribution in [0.25, 0.3) is 10.9 Å². The van der Waals surface area contributed by atoms with Crippen LogP contribution in [0.3, 0.4) is 0 Å². The number of carbonyl (C=O) groups is 1. The van der Waals surface area contributed by atoms with E-state index in [0.717, 1.165) is 11.9 Å². The molecule has 1 unspecified atom stereocenters. The van der Waals surface area contributed by atoms with Gasteiger partial charge in [-0.3, -0.25) is 9.59 Å². The molecular weight excluding hydrogens is 268 g/mol. The quantitative estimate of drug-likeness (QED) is 0.895. The summed E-state index contributed by atoms with van der Waals surface area (Å²) in [5, 5.41) is 9.51. The van der Waals surface area contributed by atoms with Crippen molar-refractivity contribution in [2.24, 2.45) is 5.92 Å². The summed E-state index contributed by atoms with van der Waals surface area (Å²) in [5.74, 6) is 0.112. The fraction of sp³-hybridized carbons (Fsp3) is 0.375. The van der Waals surface area contributed by atoms with Gasteiger partial charge in [0.25, 0.3) is 5.91 Å². The molecule has 1 fully saturated rings. The SMILES string of the molecule is O=C(c1c[nH]c2ccccc2c1=O)N1CCC(CCO)C1. The summed E-state index contributed by atoms with van der Waals surface area (Å²) in [7, 11) is 0. The Morgan fingerprint density at radius 3 is 3.00 bits per heavy atom. The fourth-order valence-electron chi connectivity index (χ4n) is 2.93. The van der Waals surface area contributed by atoms with Gasteiger partial charge in [-0.05, 0) is 30.9 Å². The first-order valence-corrected chi connectivity index (χ1v) is 7.21. The summed E-state index contributed by atoms with van der Waals surface area (Å²) in [6, 6.07) is 7.18. The molecule has 2 heterocycles. The molecule has 3 rings (SSSR count). The summed E-state index contributed by atoms with van der Waals surface area (Å²) in [4.78, 5) is 29.7. The number of pyridine rings is 1. The van der Waals surface area contributed by atoms with Crippen molar-refractivity contribution in [3.05, 3.63) is 46.2 Å². The number of amides is 1. The predicted molar refractivity (Wildman–Crippen MR) is 80.3 cm³/mol. The highest BCUT2D eigenvalue weighted by Crippen LogP contribution is 2.20. The molecule has 1 aliphatic heterocycles. The molecule has 110 valence electrons. The highest BCUT2D eigenvalue weighted by atomic mass is 16.3. The minimum Gasteiger partial charge on any atom is -0.396 e. The molecule has 0 spiro atoms. The third-order valence-electron chi connectivity index (χ3n) is 4.13. The smallest absolute Gasteiger partial charge is 0.259 e. The summed E-state index contributed by atoms with van der Waals surface area (Å²) in [6.07, 6.45) is 3.10. The van der Waals surface area contributed by atoms with Crippen molar-refractivity contribution in [2.75, 3.05) is 19.7 Å². The molecule has 1 atom stereocenters.